The van der Waals surface area contributed by atoms with Gasteiger partial charge in [-0.2, -0.15) is 0 Å². The Labute approximate surface area is 135 Å². The lowest BCUT2D eigenvalue weighted by atomic mass is 9.99. The second-order valence-corrected chi connectivity index (χ2v) is 5.14. The number of hydrogen-bond donors (Lipinski definition) is 6. The lowest BCUT2D eigenvalue weighted by molar-refractivity contribution is -0.279. The van der Waals surface area contributed by atoms with Gasteiger partial charge in [0.15, 0.2) is 6.29 Å². The molecule has 11 heteroatoms. The van der Waals surface area contributed by atoms with E-state index < -0.39 is 42.4 Å². The van der Waals surface area contributed by atoms with Gasteiger partial charge in [0.2, 0.25) is 0 Å². The van der Waals surface area contributed by atoms with Crippen molar-refractivity contribution in [3.8, 4) is 5.75 Å². The molecule has 0 unspecified atom stereocenters. The lowest BCUT2D eigenvalue weighted by Gasteiger charge is -2.38. The van der Waals surface area contributed by atoms with Crippen molar-refractivity contribution in [1.82, 2.24) is 5.32 Å². The van der Waals surface area contributed by atoms with Crippen LogP contribution in [-0.4, -0.2) is 68.7 Å². The quantitative estimate of drug-likeness (QED) is 0.227. The Morgan fingerprint density at radius 1 is 1.25 bits per heavy atom. The SMILES string of the molecule is [N-]=[N+]=Nc1ccc(C(=O)NC[C@H]2O[C@H](O)[C@H](O)[C@@H](O)[C@@H]2O)c(O)c1. The first-order valence-corrected chi connectivity index (χ1v) is 6.89. The zero-order chi connectivity index (χ0) is 17.9. The van der Waals surface area contributed by atoms with Crippen LogP contribution in [0.1, 0.15) is 10.4 Å². The average Bonchev–Trinajstić information content (AvgIpc) is 2.55. The Morgan fingerprint density at radius 2 is 1.96 bits per heavy atom. The molecule has 1 aliphatic heterocycles. The fourth-order valence-corrected chi connectivity index (χ4v) is 2.21. The number of hydrogen-bond acceptors (Lipinski definition) is 8. The number of carbonyl (C=O) groups is 1. The first-order valence-electron chi connectivity index (χ1n) is 6.89. The van der Waals surface area contributed by atoms with E-state index in [4.69, 9.17) is 10.3 Å². The third kappa shape index (κ3) is 3.74. The van der Waals surface area contributed by atoms with Crippen molar-refractivity contribution in [3.05, 3.63) is 34.2 Å². The molecule has 1 aliphatic rings. The number of amides is 1. The van der Waals surface area contributed by atoms with Gasteiger partial charge in [-0.05, 0) is 17.7 Å². The predicted molar refractivity (Wildman–Crippen MR) is 78.1 cm³/mol. The van der Waals surface area contributed by atoms with Crippen LogP contribution in [0.2, 0.25) is 0 Å². The van der Waals surface area contributed by atoms with Gasteiger partial charge in [0.25, 0.3) is 5.91 Å². The molecule has 5 atom stereocenters. The van der Waals surface area contributed by atoms with Gasteiger partial charge < -0.3 is 35.6 Å². The predicted octanol–water partition coefficient (Wildman–Crippen LogP) is -1.14. The zero-order valence-electron chi connectivity index (χ0n) is 12.2. The minimum Gasteiger partial charge on any atom is -0.507 e. The normalized spacial score (nSPS) is 29.6. The maximum Gasteiger partial charge on any atom is 0.255 e. The van der Waals surface area contributed by atoms with Gasteiger partial charge in [-0.1, -0.05) is 11.2 Å². The summed E-state index contributed by atoms with van der Waals surface area (Å²) in [7, 11) is 0. The van der Waals surface area contributed by atoms with Crippen molar-refractivity contribution in [2.24, 2.45) is 5.11 Å². The van der Waals surface area contributed by atoms with Gasteiger partial charge in [-0.3, -0.25) is 4.79 Å². The van der Waals surface area contributed by atoms with Crippen LogP contribution in [0.15, 0.2) is 23.3 Å². The molecule has 1 aromatic rings. The number of aromatic hydroxyl groups is 1. The largest absolute Gasteiger partial charge is 0.507 e. The molecule has 6 N–H and O–H groups in total. The highest BCUT2D eigenvalue weighted by Gasteiger charge is 2.42. The second-order valence-electron chi connectivity index (χ2n) is 5.14. The van der Waals surface area contributed by atoms with Crippen molar-refractivity contribution in [3.63, 3.8) is 0 Å². The number of azide groups is 1. The van der Waals surface area contributed by atoms with Crippen LogP contribution in [0.25, 0.3) is 10.4 Å². The Morgan fingerprint density at radius 3 is 2.58 bits per heavy atom. The van der Waals surface area contributed by atoms with Crippen LogP contribution < -0.4 is 5.32 Å². The van der Waals surface area contributed by atoms with Gasteiger partial charge in [0.05, 0.1) is 5.56 Å². The number of nitrogens with one attached hydrogen (secondary N) is 1. The van der Waals surface area contributed by atoms with E-state index in [9.17, 15) is 30.3 Å². The second kappa shape index (κ2) is 7.45. The summed E-state index contributed by atoms with van der Waals surface area (Å²) in [5.41, 5.74) is 8.32. The number of benzene rings is 1. The summed E-state index contributed by atoms with van der Waals surface area (Å²) in [6, 6.07) is 3.66. The minimum absolute atomic E-state index is 0.113. The number of ether oxygens (including phenoxy) is 1. The monoisotopic (exact) mass is 340 g/mol. The summed E-state index contributed by atoms with van der Waals surface area (Å²) in [5, 5.41) is 53.5. The van der Waals surface area contributed by atoms with E-state index in [-0.39, 0.29) is 17.8 Å². The molecule has 0 radical (unpaired) electrons. The first-order chi connectivity index (χ1) is 11.3. The molecule has 1 amide bonds. The van der Waals surface area contributed by atoms with Crippen molar-refractivity contribution >= 4 is 11.6 Å². The van der Waals surface area contributed by atoms with Crippen LogP contribution >= 0.6 is 0 Å². The summed E-state index contributed by atoms with van der Waals surface area (Å²) in [6.07, 6.45) is -7.69. The topological polar surface area (TPSA) is 188 Å². The molecule has 130 valence electrons. The molecule has 1 saturated heterocycles. The van der Waals surface area contributed by atoms with E-state index in [0.29, 0.717) is 0 Å². The fourth-order valence-electron chi connectivity index (χ4n) is 2.21. The smallest absolute Gasteiger partial charge is 0.255 e. The maximum absolute atomic E-state index is 12.0. The minimum atomic E-state index is -1.71. The molecular weight excluding hydrogens is 324 g/mol. The van der Waals surface area contributed by atoms with Gasteiger partial charge >= 0.3 is 0 Å². The summed E-state index contributed by atoms with van der Waals surface area (Å²) in [6.45, 7) is -0.293. The fraction of sp³-hybridized carbons (Fsp3) is 0.462. The molecule has 0 aliphatic carbocycles. The molecule has 0 spiro atoms. The average molecular weight is 340 g/mol. The summed E-state index contributed by atoms with van der Waals surface area (Å²) >= 11 is 0. The van der Waals surface area contributed by atoms with E-state index in [1.54, 1.807) is 0 Å². The molecule has 0 bridgehead atoms. The van der Waals surface area contributed by atoms with Crippen molar-refractivity contribution in [1.29, 1.82) is 0 Å². The van der Waals surface area contributed by atoms with Crippen LogP contribution in [-0.2, 0) is 4.74 Å². The number of aliphatic hydroxyl groups is 4. The molecule has 1 fully saturated rings. The van der Waals surface area contributed by atoms with Crippen LogP contribution in [0.4, 0.5) is 5.69 Å². The van der Waals surface area contributed by atoms with Gasteiger partial charge in [-0.15, -0.1) is 0 Å². The number of carbonyl (C=O) groups excluding carboxylic acids is 1. The van der Waals surface area contributed by atoms with Crippen molar-refractivity contribution in [2.45, 2.75) is 30.7 Å². The highest BCUT2D eigenvalue weighted by Crippen LogP contribution is 2.24. The number of rotatable bonds is 4. The summed E-state index contributed by atoms with van der Waals surface area (Å²) < 4.78 is 4.91. The van der Waals surface area contributed by atoms with Crippen LogP contribution in [0.5, 0.6) is 5.75 Å². The molecule has 2 rings (SSSR count). The molecular formula is C13H16N4O7. The van der Waals surface area contributed by atoms with Gasteiger partial charge in [0, 0.05) is 17.1 Å². The highest BCUT2D eigenvalue weighted by molar-refractivity contribution is 5.97. The van der Waals surface area contributed by atoms with E-state index in [2.05, 4.69) is 15.3 Å². The number of nitrogens with zero attached hydrogens (tertiary/aromatic N) is 3. The van der Waals surface area contributed by atoms with Gasteiger partial charge in [-0.25, -0.2) is 0 Å². The number of aliphatic hydroxyl groups excluding tert-OH is 4. The molecule has 24 heavy (non-hydrogen) atoms. The van der Waals surface area contributed by atoms with Crippen molar-refractivity contribution in [2.75, 3.05) is 6.54 Å². The lowest BCUT2D eigenvalue weighted by Crippen LogP contribution is -2.60. The first kappa shape index (κ1) is 17.9. The van der Waals surface area contributed by atoms with Crippen LogP contribution in [0.3, 0.4) is 0 Å². The molecule has 1 aromatic carbocycles. The van der Waals surface area contributed by atoms with E-state index in [1.165, 1.54) is 12.1 Å². The highest BCUT2D eigenvalue weighted by atomic mass is 16.6. The number of phenols is 1. The Hall–Kier alpha value is -2.40. The molecule has 1 heterocycles. The van der Waals surface area contributed by atoms with E-state index >= 15 is 0 Å². The number of phenolic OH excluding ortho intramolecular Hbond substituents is 1. The molecule has 0 aromatic heterocycles. The Balaban J connectivity index is 2.01. The molecule has 0 saturated carbocycles. The Kier molecular flexibility index (Phi) is 5.57. The maximum atomic E-state index is 12.0. The van der Waals surface area contributed by atoms with Crippen LogP contribution in [0, 0.1) is 0 Å². The Bertz CT molecular complexity index is 664. The van der Waals surface area contributed by atoms with E-state index in [1.807, 2.05) is 0 Å². The summed E-state index contributed by atoms with van der Waals surface area (Å²) in [5.74, 6) is -1.14. The van der Waals surface area contributed by atoms with Crippen molar-refractivity contribution < 1.29 is 35.1 Å². The van der Waals surface area contributed by atoms with E-state index in [0.717, 1.165) is 6.07 Å². The third-order valence-corrected chi connectivity index (χ3v) is 3.54. The zero-order valence-corrected chi connectivity index (χ0v) is 12.2. The molecule has 11 nitrogen and oxygen atoms in total. The summed E-state index contributed by atoms with van der Waals surface area (Å²) in [4.78, 5) is 14.6. The van der Waals surface area contributed by atoms with Gasteiger partial charge in [0.1, 0.15) is 30.2 Å². The standard InChI is InChI=1S/C13H16N4O7/c14-17-16-5-1-2-6(7(18)3-5)12(22)15-4-8-9(19)10(20)11(21)13(23)24-8/h1-3,8-11,13,18-21,23H,4H2,(H,15,22)/t8-,9-,10+,11-,13+/m1/s1. The third-order valence-electron chi connectivity index (χ3n) is 3.54.